The van der Waals surface area contributed by atoms with Crippen LogP contribution in [0.15, 0.2) is 55.0 Å². The zero-order valence-electron chi connectivity index (χ0n) is 14.2. The number of fused-ring (bicyclic) bond motifs is 1. The third kappa shape index (κ3) is 3.74. The van der Waals surface area contributed by atoms with Crippen LogP contribution >= 0.6 is 0 Å². The van der Waals surface area contributed by atoms with Crippen LogP contribution in [0.1, 0.15) is 22.5 Å². The summed E-state index contributed by atoms with van der Waals surface area (Å²) in [7, 11) is 0. The van der Waals surface area contributed by atoms with E-state index in [4.69, 9.17) is 9.47 Å². The molecule has 1 amide bonds. The molecule has 0 aliphatic carbocycles. The van der Waals surface area contributed by atoms with Crippen molar-refractivity contribution < 1.29 is 14.3 Å². The Morgan fingerprint density at radius 3 is 3.04 bits per heavy atom. The van der Waals surface area contributed by atoms with Crippen LogP contribution in [0.2, 0.25) is 0 Å². The first kappa shape index (κ1) is 16.7. The van der Waals surface area contributed by atoms with E-state index >= 15 is 0 Å². The summed E-state index contributed by atoms with van der Waals surface area (Å²) in [6.07, 6.45) is 5.77. The van der Waals surface area contributed by atoms with Crippen LogP contribution in [0, 0.1) is 0 Å². The van der Waals surface area contributed by atoms with Gasteiger partial charge in [0.1, 0.15) is 5.69 Å². The third-order valence-corrected chi connectivity index (χ3v) is 4.38. The maximum absolute atomic E-state index is 12.6. The van der Waals surface area contributed by atoms with Gasteiger partial charge >= 0.3 is 0 Å². The minimum absolute atomic E-state index is 0.0944. The van der Waals surface area contributed by atoms with Gasteiger partial charge in [-0.2, -0.15) is 0 Å². The molecule has 0 radical (unpaired) electrons. The normalized spacial score (nSPS) is 20.2. The van der Waals surface area contributed by atoms with Crippen molar-refractivity contribution >= 4 is 11.7 Å². The number of rotatable bonds is 5. The molecule has 1 saturated heterocycles. The first-order valence-corrected chi connectivity index (χ1v) is 8.63. The third-order valence-electron chi connectivity index (χ3n) is 4.38. The molecule has 134 valence electrons. The highest BCUT2D eigenvalue weighted by Gasteiger charge is 2.29. The van der Waals surface area contributed by atoms with E-state index in [0.717, 1.165) is 12.0 Å². The second kappa shape index (κ2) is 7.63. The smallest absolute Gasteiger partial charge is 0.271 e. The minimum atomic E-state index is -0.251. The number of nitrogens with one attached hydrogen (secondary N) is 1. The van der Waals surface area contributed by atoms with Gasteiger partial charge in [0.25, 0.3) is 5.91 Å². The van der Waals surface area contributed by atoms with E-state index in [9.17, 15) is 4.79 Å². The number of nitrogens with zero attached hydrogens (tertiary/aromatic N) is 3. The van der Waals surface area contributed by atoms with Crippen molar-refractivity contribution in [1.29, 1.82) is 0 Å². The Morgan fingerprint density at radius 1 is 1.31 bits per heavy atom. The van der Waals surface area contributed by atoms with E-state index in [1.807, 2.05) is 36.5 Å². The number of carbonyl (C=O) groups excluding carboxylic acids is 1. The van der Waals surface area contributed by atoms with Crippen LogP contribution in [0.4, 0.5) is 0 Å². The molecule has 1 aliphatic rings. The predicted molar refractivity (Wildman–Crippen MR) is 94.7 cm³/mol. The average Bonchev–Trinajstić information content (AvgIpc) is 3.12. The SMILES string of the molecule is O=C(N[C@@H]1COCC[C@@H]1OCc1ccccc1)c1cn2cccnc2n1. The Balaban J connectivity index is 1.41. The molecule has 0 bridgehead atoms. The Hall–Kier alpha value is -2.77. The topological polar surface area (TPSA) is 77.8 Å². The molecule has 0 unspecified atom stereocenters. The number of carbonyl (C=O) groups is 1. The van der Waals surface area contributed by atoms with Crippen molar-refractivity contribution in [3.63, 3.8) is 0 Å². The van der Waals surface area contributed by atoms with E-state index in [1.54, 1.807) is 22.9 Å². The van der Waals surface area contributed by atoms with E-state index in [2.05, 4.69) is 15.3 Å². The molecule has 4 rings (SSSR count). The van der Waals surface area contributed by atoms with Gasteiger partial charge in [0, 0.05) is 25.2 Å². The van der Waals surface area contributed by atoms with Gasteiger partial charge in [0.2, 0.25) is 5.78 Å². The lowest BCUT2D eigenvalue weighted by molar-refractivity contribution is -0.0605. The number of amides is 1. The van der Waals surface area contributed by atoms with Gasteiger partial charge in [0.05, 0.1) is 25.4 Å². The van der Waals surface area contributed by atoms with Crippen molar-refractivity contribution in [2.24, 2.45) is 0 Å². The quantitative estimate of drug-likeness (QED) is 0.758. The van der Waals surface area contributed by atoms with Gasteiger partial charge in [0.15, 0.2) is 0 Å². The monoisotopic (exact) mass is 352 g/mol. The van der Waals surface area contributed by atoms with Crippen molar-refractivity contribution in [1.82, 2.24) is 19.7 Å². The number of hydrogen-bond acceptors (Lipinski definition) is 5. The summed E-state index contributed by atoms with van der Waals surface area (Å²) in [4.78, 5) is 21.0. The number of imidazole rings is 1. The molecule has 2 atom stereocenters. The molecule has 1 N–H and O–H groups in total. The molecule has 3 heterocycles. The van der Waals surface area contributed by atoms with E-state index in [1.165, 1.54) is 0 Å². The molecule has 1 aromatic carbocycles. The molecular weight excluding hydrogens is 332 g/mol. The molecular formula is C19H20N4O3. The largest absolute Gasteiger partial charge is 0.379 e. The highest BCUT2D eigenvalue weighted by Crippen LogP contribution is 2.15. The molecule has 7 heteroatoms. The highest BCUT2D eigenvalue weighted by molar-refractivity contribution is 5.93. The van der Waals surface area contributed by atoms with Crippen molar-refractivity contribution in [2.75, 3.05) is 13.2 Å². The number of aromatic nitrogens is 3. The Kier molecular flexibility index (Phi) is 4.90. The van der Waals surface area contributed by atoms with Crippen LogP contribution in [-0.2, 0) is 16.1 Å². The Morgan fingerprint density at radius 2 is 2.19 bits per heavy atom. The molecule has 0 spiro atoms. The molecule has 3 aromatic rings. The first-order valence-electron chi connectivity index (χ1n) is 8.63. The fourth-order valence-corrected chi connectivity index (χ4v) is 3.01. The second-order valence-corrected chi connectivity index (χ2v) is 6.23. The Bertz CT molecular complexity index is 848. The van der Waals surface area contributed by atoms with Gasteiger partial charge < -0.3 is 14.8 Å². The van der Waals surface area contributed by atoms with Crippen LogP contribution in [-0.4, -0.2) is 45.6 Å². The van der Waals surface area contributed by atoms with E-state index < -0.39 is 0 Å². The van der Waals surface area contributed by atoms with Gasteiger partial charge in [-0.3, -0.25) is 9.20 Å². The lowest BCUT2D eigenvalue weighted by Gasteiger charge is -2.32. The van der Waals surface area contributed by atoms with Gasteiger partial charge in [-0.25, -0.2) is 9.97 Å². The molecule has 2 aromatic heterocycles. The first-order chi connectivity index (χ1) is 12.8. The summed E-state index contributed by atoms with van der Waals surface area (Å²) in [6.45, 7) is 1.57. The molecule has 7 nitrogen and oxygen atoms in total. The highest BCUT2D eigenvalue weighted by atomic mass is 16.5. The molecule has 1 fully saturated rings. The average molecular weight is 352 g/mol. The standard InChI is InChI=1S/C19H20N4O3/c24-18(15-11-23-9-4-8-20-19(23)22-15)21-16-13-25-10-7-17(16)26-12-14-5-2-1-3-6-14/h1-6,8-9,11,16-17H,7,10,12-13H2,(H,21,24)/t16-,17+/m1/s1. The second-order valence-electron chi connectivity index (χ2n) is 6.23. The van der Waals surface area contributed by atoms with E-state index in [-0.39, 0.29) is 18.1 Å². The van der Waals surface area contributed by atoms with Crippen molar-refractivity contribution in [3.05, 3.63) is 66.2 Å². The molecule has 1 aliphatic heterocycles. The lowest BCUT2D eigenvalue weighted by atomic mass is 10.1. The number of ether oxygens (including phenoxy) is 2. The van der Waals surface area contributed by atoms with Gasteiger partial charge in [-0.15, -0.1) is 0 Å². The van der Waals surface area contributed by atoms with Crippen LogP contribution in [0.3, 0.4) is 0 Å². The van der Waals surface area contributed by atoms with Crippen LogP contribution in [0.5, 0.6) is 0 Å². The maximum Gasteiger partial charge on any atom is 0.271 e. The molecule has 26 heavy (non-hydrogen) atoms. The van der Waals surface area contributed by atoms with E-state index in [0.29, 0.717) is 31.3 Å². The van der Waals surface area contributed by atoms with Crippen LogP contribution < -0.4 is 5.32 Å². The number of hydrogen-bond donors (Lipinski definition) is 1. The summed E-state index contributed by atoms with van der Waals surface area (Å²) >= 11 is 0. The summed E-state index contributed by atoms with van der Waals surface area (Å²) in [5.74, 6) is 0.244. The summed E-state index contributed by atoms with van der Waals surface area (Å²) < 4.78 is 13.3. The van der Waals surface area contributed by atoms with Gasteiger partial charge in [-0.05, 0) is 18.1 Å². The fourth-order valence-electron chi connectivity index (χ4n) is 3.01. The van der Waals surface area contributed by atoms with Gasteiger partial charge in [-0.1, -0.05) is 30.3 Å². The van der Waals surface area contributed by atoms with Crippen molar-refractivity contribution in [2.45, 2.75) is 25.2 Å². The maximum atomic E-state index is 12.6. The summed E-state index contributed by atoms with van der Waals surface area (Å²) in [5.41, 5.74) is 1.44. The fraction of sp³-hybridized carbons (Fsp3) is 0.316. The zero-order chi connectivity index (χ0) is 17.8. The predicted octanol–water partition coefficient (Wildman–Crippen LogP) is 1.83. The summed E-state index contributed by atoms with van der Waals surface area (Å²) in [5, 5.41) is 2.99. The lowest BCUT2D eigenvalue weighted by Crippen LogP contribution is -2.50. The van der Waals surface area contributed by atoms with Crippen molar-refractivity contribution in [3.8, 4) is 0 Å². The minimum Gasteiger partial charge on any atom is -0.379 e. The number of benzene rings is 1. The molecule has 0 saturated carbocycles. The van der Waals surface area contributed by atoms with Crippen LogP contribution in [0.25, 0.3) is 5.78 Å². The Labute approximate surface area is 151 Å². The summed E-state index contributed by atoms with van der Waals surface area (Å²) in [6, 6.07) is 11.6. The zero-order valence-corrected chi connectivity index (χ0v) is 14.2.